The Hall–Kier alpha value is -3.15. The van der Waals surface area contributed by atoms with Crippen molar-refractivity contribution in [1.82, 2.24) is 10.6 Å². The van der Waals surface area contributed by atoms with Crippen molar-refractivity contribution in [2.45, 2.75) is 56.5 Å². The smallest absolute Gasteiger partial charge is 0.308 e. The maximum Gasteiger partial charge on any atom is 0.308 e. The maximum atomic E-state index is 12.7. The summed E-state index contributed by atoms with van der Waals surface area (Å²) < 4.78 is 5.35. The highest BCUT2D eigenvalue weighted by atomic mass is 16.5. The van der Waals surface area contributed by atoms with Gasteiger partial charge in [-0.25, -0.2) is 0 Å². The third-order valence-electron chi connectivity index (χ3n) is 7.72. The Morgan fingerprint density at radius 3 is 2.00 bits per heavy atom. The normalized spacial score (nSPS) is 27.6. The molecule has 0 spiro atoms. The van der Waals surface area contributed by atoms with Gasteiger partial charge in [-0.2, -0.15) is 0 Å². The van der Waals surface area contributed by atoms with Crippen LogP contribution in [0, 0.1) is 17.8 Å². The van der Waals surface area contributed by atoms with Crippen LogP contribution in [-0.4, -0.2) is 29.9 Å². The van der Waals surface area contributed by atoms with Gasteiger partial charge in [0.05, 0.1) is 12.5 Å². The first-order chi connectivity index (χ1) is 16.5. The molecule has 1 atom stereocenters. The third kappa shape index (κ3) is 5.16. The van der Waals surface area contributed by atoms with Gasteiger partial charge in [-0.1, -0.05) is 48.5 Å². The maximum absolute atomic E-state index is 12.7. The Labute approximate surface area is 200 Å². The highest BCUT2D eigenvalue weighted by Crippen LogP contribution is 2.55. The molecule has 0 radical (unpaired) electrons. The van der Waals surface area contributed by atoms with Gasteiger partial charge >= 0.3 is 5.97 Å². The molecule has 0 saturated heterocycles. The lowest BCUT2D eigenvalue weighted by Gasteiger charge is -2.56. The topological polar surface area (TPSA) is 84.5 Å². The van der Waals surface area contributed by atoms with Crippen LogP contribution in [0.25, 0.3) is 0 Å². The van der Waals surface area contributed by atoms with Gasteiger partial charge in [-0.15, -0.1) is 0 Å². The molecule has 4 aliphatic rings. The average molecular weight is 461 g/mol. The van der Waals surface area contributed by atoms with Crippen LogP contribution in [0.5, 0.6) is 0 Å². The highest BCUT2D eigenvalue weighted by molar-refractivity contribution is 5.94. The van der Waals surface area contributed by atoms with E-state index < -0.39 is 12.0 Å². The number of amides is 2. The summed E-state index contributed by atoms with van der Waals surface area (Å²) in [4.78, 5) is 38.1. The summed E-state index contributed by atoms with van der Waals surface area (Å²) >= 11 is 0. The molecule has 6 heteroatoms. The molecule has 4 fully saturated rings. The lowest BCUT2D eigenvalue weighted by molar-refractivity contribution is -0.150. The first kappa shape index (κ1) is 22.6. The Balaban J connectivity index is 1.17. The fourth-order valence-corrected chi connectivity index (χ4v) is 6.74. The second-order valence-corrected chi connectivity index (χ2v) is 10.4. The van der Waals surface area contributed by atoms with E-state index in [0.717, 1.165) is 42.6 Å². The predicted molar refractivity (Wildman–Crippen MR) is 128 cm³/mol. The Bertz CT molecular complexity index is 1000. The molecule has 0 heterocycles. The van der Waals surface area contributed by atoms with Crippen LogP contribution >= 0.6 is 0 Å². The van der Waals surface area contributed by atoms with Gasteiger partial charge in [0, 0.05) is 11.1 Å². The zero-order chi connectivity index (χ0) is 23.5. The number of carbonyl (C=O) groups excluding carboxylic acids is 3. The molecule has 34 heavy (non-hydrogen) atoms. The van der Waals surface area contributed by atoms with Crippen molar-refractivity contribution < 1.29 is 19.1 Å². The summed E-state index contributed by atoms with van der Waals surface area (Å²) in [6.45, 7) is -0.283. The molecular weight excluding hydrogens is 428 g/mol. The van der Waals surface area contributed by atoms with Crippen molar-refractivity contribution in [2.75, 3.05) is 6.61 Å². The summed E-state index contributed by atoms with van der Waals surface area (Å²) in [7, 11) is 0. The first-order valence-corrected chi connectivity index (χ1v) is 12.4. The van der Waals surface area contributed by atoms with Crippen molar-refractivity contribution >= 4 is 17.8 Å². The number of hydrogen-bond donors (Lipinski definition) is 2. The van der Waals surface area contributed by atoms with Crippen molar-refractivity contribution in [3.05, 3.63) is 71.8 Å². The Morgan fingerprint density at radius 1 is 0.853 bits per heavy atom. The highest BCUT2D eigenvalue weighted by Gasteiger charge is 2.51. The quantitative estimate of drug-likeness (QED) is 0.579. The van der Waals surface area contributed by atoms with Crippen LogP contribution < -0.4 is 10.6 Å². The summed E-state index contributed by atoms with van der Waals surface area (Å²) in [5.41, 5.74) is 1.22. The largest absolute Gasteiger partial charge is 0.456 e. The SMILES string of the molecule is O=C(COC(=O)CC(NC(=O)c1ccccc1)c1ccccc1)NC12CC3CC(CC(C3)C1)C2. The molecular formula is C28H32N2O4. The minimum Gasteiger partial charge on any atom is -0.456 e. The molecule has 2 N–H and O–H groups in total. The van der Waals surface area contributed by atoms with Crippen LogP contribution in [0.2, 0.25) is 0 Å². The zero-order valence-corrected chi connectivity index (χ0v) is 19.4. The van der Waals surface area contributed by atoms with Crippen LogP contribution in [0.1, 0.15) is 66.9 Å². The number of benzene rings is 2. The summed E-state index contributed by atoms with van der Waals surface area (Å²) in [6, 6.07) is 17.7. The summed E-state index contributed by atoms with van der Waals surface area (Å²) in [6.07, 6.45) is 7.03. The molecule has 0 aromatic heterocycles. The molecule has 1 unspecified atom stereocenters. The van der Waals surface area contributed by atoms with Crippen molar-refractivity contribution in [1.29, 1.82) is 0 Å². The summed E-state index contributed by atoms with van der Waals surface area (Å²) in [5, 5.41) is 6.16. The van der Waals surface area contributed by atoms with E-state index in [4.69, 9.17) is 4.74 Å². The molecule has 2 aromatic rings. The molecule has 6 nitrogen and oxygen atoms in total. The van der Waals surface area contributed by atoms with Gasteiger partial charge in [-0.3, -0.25) is 14.4 Å². The van der Waals surface area contributed by atoms with Gasteiger partial charge in [0.25, 0.3) is 11.8 Å². The number of esters is 1. The van der Waals surface area contributed by atoms with E-state index in [1.54, 1.807) is 24.3 Å². The van der Waals surface area contributed by atoms with Gasteiger partial charge in [0.1, 0.15) is 0 Å². The van der Waals surface area contributed by atoms with Gasteiger partial charge < -0.3 is 15.4 Å². The van der Waals surface area contributed by atoms with E-state index in [2.05, 4.69) is 10.6 Å². The summed E-state index contributed by atoms with van der Waals surface area (Å²) in [5.74, 6) is 1.20. The standard InChI is InChI=1S/C28H32N2O4/c31-25(30-28-15-19-11-20(16-28)13-21(12-19)17-28)18-34-26(32)14-24(22-7-3-1-4-8-22)29-27(33)23-9-5-2-6-10-23/h1-10,19-21,24H,11-18H2,(H,29,33)(H,30,31). The third-order valence-corrected chi connectivity index (χ3v) is 7.72. The Kier molecular flexibility index (Phi) is 6.40. The van der Waals surface area contributed by atoms with Crippen LogP contribution in [0.4, 0.5) is 0 Å². The molecule has 4 aliphatic carbocycles. The second-order valence-electron chi connectivity index (χ2n) is 10.4. The fraction of sp³-hybridized carbons (Fsp3) is 0.464. The number of hydrogen-bond acceptors (Lipinski definition) is 4. The van der Waals surface area contributed by atoms with Gasteiger partial charge in [0.15, 0.2) is 6.61 Å². The number of carbonyl (C=O) groups is 3. The van der Waals surface area contributed by atoms with E-state index in [1.807, 2.05) is 36.4 Å². The van der Waals surface area contributed by atoms with Crippen molar-refractivity contribution in [2.24, 2.45) is 17.8 Å². The van der Waals surface area contributed by atoms with Gasteiger partial charge in [0.2, 0.25) is 0 Å². The van der Waals surface area contributed by atoms with E-state index in [-0.39, 0.29) is 30.4 Å². The lowest BCUT2D eigenvalue weighted by atomic mass is 9.53. The van der Waals surface area contributed by atoms with E-state index in [0.29, 0.717) is 5.56 Å². The first-order valence-electron chi connectivity index (χ1n) is 12.4. The zero-order valence-electron chi connectivity index (χ0n) is 19.4. The number of nitrogens with one attached hydrogen (secondary N) is 2. The molecule has 2 amide bonds. The molecule has 178 valence electrons. The molecule has 4 saturated carbocycles. The van der Waals surface area contributed by atoms with E-state index in [9.17, 15) is 14.4 Å². The number of rotatable bonds is 8. The Morgan fingerprint density at radius 2 is 1.41 bits per heavy atom. The van der Waals surface area contributed by atoms with E-state index >= 15 is 0 Å². The molecule has 0 aliphatic heterocycles. The molecule has 4 bridgehead atoms. The minimum absolute atomic E-state index is 0.0484. The predicted octanol–water partition coefficient (Wildman–Crippen LogP) is 4.18. The van der Waals surface area contributed by atoms with Crippen LogP contribution in [0.3, 0.4) is 0 Å². The molecule has 2 aromatic carbocycles. The fourth-order valence-electron chi connectivity index (χ4n) is 6.74. The minimum atomic E-state index is -0.548. The monoisotopic (exact) mass is 460 g/mol. The van der Waals surface area contributed by atoms with Crippen LogP contribution in [-0.2, 0) is 14.3 Å². The van der Waals surface area contributed by atoms with Crippen molar-refractivity contribution in [3.63, 3.8) is 0 Å². The van der Waals surface area contributed by atoms with E-state index in [1.165, 1.54) is 19.3 Å². The van der Waals surface area contributed by atoms with Gasteiger partial charge in [-0.05, 0) is 74.0 Å². The van der Waals surface area contributed by atoms with Crippen LogP contribution in [0.15, 0.2) is 60.7 Å². The van der Waals surface area contributed by atoms with Crippen molar-refractivity contribution in [3.8, 4) is 0 Å². The molecule has 6 rings (SSSR count). The second kappa shape index (κ2) is 9.61. The number of ether oxygens (including phenoxy) is 1. The average Bonchev–Trinajstić information content (AvgIpc) is 2.82. The lowest BCUT2D eigenvalue weighted by Crippen LogP contribution is -2.60.